The van der Waals surface area contributed by atoms with Crippen LogP contribution in [0.4, 0.5) is 0 Å². The number of allylic oxidation sites excluding steroid dienone is 1. The topological polar surface area (TPSA) is 27.7 Å². The van der Waals surface area contributed by atoms with E-state index in [4.69, 9.17) is 14.2 Å². The van der Waals surface area contributed by atoms with Gasteiger partial charge in [0.05, 0.1) is 27.6 Å². The van der Waals surface area contributed by atoms with Crippen molar-refractivity contribution in [1.29, 1.82) is 0 Å². The van der Waals surface area contributed by atoms with E-state index >= 15 is 0 Å². The van der Waals surface area contributed by atoms with Crippen molar-refractivity contribution in [2.24, 2.45) is 0 Å². The van der Waals surface area contributed by atoms with Gasteiger partial charge in [0.2, 0.25) is 0 Å². The predicted octanol–water partition coefficient (Wildman–Crippen LogP) is 4.83. The molecule has 2 atom stereocenters. The van der Waals surface area contributed by atoms with E-state index < -0.39 is 0 Å². The third-order valence-electron chi connectivity index (χ3n) is 4.53. The largest absolute Gasteiger partial charge is 0.505 e. The highest BCUT2D eigenvalue weighted by Gasteiger charge is 2.38. The normalized spacial score (nSPS) is 25.7. The summed E-state index contributed by atoms with van der Waals surface area (Å²) in [6.07, 6.45) is 9.99. The van der Waals surface area contributed by atoms with Gasteiger partial charge in [-0.3, -0.25) is 0 Å². The molecular weight excluding hydrogens is 344 g/mol. The molecule has 0 N–H and O–H groups in total. The number of hydrogen-bond acceptors (Lipinski definition) is 3. The fourth-order valence-corrected chi connectivity index (χ4v) is 4.23. The van der Waals surface area contributed by atoms with E-state index in [0.29, 0.717) is 4.83 Å². The Morgan fingerprint density at radius 3 is 2.55 bits per heavy atom. The summed E-state index contributed by atoms with van der Waals surface area (Å²) in [5.74, 6) is 1.53. The number of halogens is 1. The Labute approximate surface area is 141 Å². The average Bonchev–Trinajstić information content (AvgIpc) is 2.74. The number of methoxy groups -OCH3 is 3. The van der Waals surface area contributed by atoms with Gasteiger partial charge in [-0.1, -0.05) is 41.3 Å². The Bertz CT molecular complexity index is 515. The number of alkyl halides is 1. The molecule has 0 heterocycles. The maximum absolute atomic E-state index is 5.49. The van der Waals surface area contributed by atoms with Crippen molar-refractivity contribution in [3.63, 3.8) is 0 Å². The van der Waals surface area contributed by atoms with Gasteiger partial charge >= 0.3 is 0 Å². The molecule has 22 heavy (non-hydrogen) atoms. The maximum atomic E-state index is 5.49. The lowest BCUT2D eigenvalue weighted by Crippen LogP contribution is -2.33. The Hall–Kier alpha value is -1.16. The summed E-state index contributed by atoms with van der Waals surface area (Å²) in [4.78, 5) is 0.381. The highest BCUT2D eigenvalue weighted by Crippen LogP contribution is 2.45. The molecule has 1 aliphatic carbocycles. The Morgan fingerprint density at radius 2 is 1.86 bits per heavy atom. The lowest BCUT2D eigenvalue weighted by molar-refractivity contribution is 0.327. The van der Waals surface area contributed by atoms with Gasteiger partial charge in [0.25, 0.3) is 0 Å². The first-order chi connectivity index (χ1) is 10.7. The van der Waals surface area contributed by atoms with Crippen molar-refractivity contribution >= 4 is 15.9 Å². The van der Waals surface area contributed by atoms with Gasteiger partial charge in [0.1, 0.15) is 0 Å². The molecule has 0 unspecified atom stereocenters. The quantitative estimate of drug-likeness (QED) is 0.423. The summed E-state index contributed by atoms with van der Waals surface area (Å²) in [6, 6.07) is 6.22. The summed E-state index contributed by atoms with van der Waals surface area (Å²) in [5, 5.41) is 0. The molecule has 1 aliphatic rings. The zero-order chi connectivity index (χ0) is 16.0. The van der Waals surface area contributed by atoms with Crippen LogP contribution in [0.5, 0.6) is 11.5 Å². The fraction of sp³-hybridized carbons (Fsp3) is 0.556. The molecule has 1 aromatic rings. The number of rotatable bonds is 5. The van der Waals surface area contributed by atoms with Crippen molar-refractivity contribution in [3.8, 4) is 11.5 Å². The van der Waals surface area contributed by atoms with Gasteiger partial charge in [-0.2, -0.15) is 0 Å². The molecule has 2 rings (SSSR count). The predicted molar refractivity (Wildman–Crippen MR) is 93.2 cm³/mol. The van der Waals surface area contributed by atoms with E-state index in [9.17, 15) is 0 Å². The molecule has 0 spiro atoms. The van der Waals surface area contributed by atoms with Crippen LogP contribution < -0.4 is 9.47 Å². The van der Waals surface area contributed by atoms with Crippen LogP contribution in [0.2, 0.25) is 0 Å². The average molecular weight is 369 g/mol. The van der Waals surface area contributed by atoms with Crippen molar-refractivity contribution < 1.29 is 14.2 Å². The molecule has 0 amide bonds. The minimum Gasteiger partial charge on any atom is -0.505 e. The van der Waals surface area contributed by atoms with Gasteiger partial charge in [-0.25, -0.2) is 0 Å². The van der Waals surface area contributed by atoms with E-state index in [1.54, 1.807) is 27.6 Å². The van der Waals surface area contributed by atoms with Crippen molar-refractivity contribution in [2.75, 3.05) is 21.3 Å². The maximum Gasteiger partial charge on any atom is 0.161 e. The molecule has 0 aliphatic heterocycles. The van der Waals surface area contributed by atoms with Crippen LogP contribution in [0, 0.1) is 0 Å². The molecule has 122 valence electrons. The van der Waals surface area contributed by atoms with Gasteiger partial charge in [0.15, 0.2) is 11.5 Å². The van der Waals surface area contributed by atoms with E-state index in [2.05, 4.69) is 34.1 Å². The molecule has 0 radical (unpaired) electrons. The summed E-state index contributed by atoms with van der Waals surface area (Å²) in [5.41, 5.74) is 1.16. The minimum absolute atomic E-state index is 0.0773. The van der Waals surface area contributed by atoms with Crippen LogP contribution in [-0.2, 0) is 10.2 Å². The van der Waals surface area contributed by atoms with E-state index in [0.717, 1.165) is 24.3 Å². The molecule has 0 aromatic heterocycles. The first-order valence-electron chi connectivity index (χ1n) is 7.75. The molecule has 1 aromatic carbocycles. The van der Waals surface area contributed by atoms with Crippen molar-refractivity contribution in [1.82, 2.24) is 0 Å². The van der Waals surface area contributed by atoms with Gasteiger partial charge in [-0.05, 0) is 36.6 Å². The molecular formula is C18H25BrO3. The molecule has 1 fully saturated rings. The summed E-state index contributed by atoms with van der Waals surface area (Å²) >= 11 is 3.93. The SMILES string of the molecule is CO/C=C/[C@]1(c2ccc(OC)c(OC)c2)CCCCC[C@@H]1Br. The number of ether oxygens (including phenoxy) is 3. The summed E-state index contributed by atoms with van der Waals surface area (Å²) in [7, 11) is 5.04. The zero-order valence-electron chi connectivity index (χ0n) is 13.6. The summed E-state index contributed by atoms with van der Waals surface area (Å²) < 4.78 is 16.1. The standard InChI is InChI=1S/C18H25BrO3/c1-20-12-11-18(10-6-4-5-7-17(18)19)14-8-9-15(21-2)16(13-14)22-3/h8-9,11-13,17H,4-7,10H2,1-3H3/b12-11+/t17-,18-/m0/s1. The van der Waals surface area contributed by atoms with Crippen molar-refractivity contribution in [3.05, 3.63) is 36.1 Å². The van der Waals surface area contributed by atoms with Crippen LogP contribution in [0.15, 0.2) is 30.5 Å². The highest BCUT2D eigenvalue weighted by atomic mass is 79.9. The van der Waals surface area contributed by atoms with Crippen LogP contribution in [-0.4, -0.2) is 26.2 Å². The third kappa shape index (κ3) is 3.43. The molecule has 4 heteroatoms. The Morgan fingerprint density at radius 1 is 1.09 bits per heavy atom. The fourth-order valence-electron chi connectivity index (χ4n) is 3.26. The lowest BCUT2D eigenvalue weighted by atomic mass is 9.74. The van der Waals surface area contributed by atoms with E-state index in [1.165, 1.54) is 24.8 Å². The van der Waals surface area contributed by atoms with Crippen LogP contribution >= 0.6 is 15.9 Å². The molecule has 3 nitrogen and oxygen atoms in total. The van der Waals surface area contributed by atoms with E-state index in [-0.39, 0.29) is 5.41 Å². The van der Waals surface area contributed by atoms with Crippen LogP contribution in [0.3, 0.4) is 0 Å². The Kier molecular flexibility index (Phi) is 6.18. The van der Waals surface area contributed by atoms with Gasteiger partial charge in [-0.15, -0.1) is 0 Å². The first kappa shape index (κ1) is 17.2. The highest BCUT2D eigenvalue weighted by molar-refractivity contribution is 9.09. The van der Waals surface area contributed by atoms with Crippen molar-refractivity contribution in [2.45, 2.75) is 42.3 Å². The minimum atomic E-state index is -0.0773. The van der Waals surface area contributed by atoms with Gasteiger partial charge < -0.3 is 14.2 Å². The Balaban J connectivity index is 2.50. The second-order valence-electron chi connectivity index (χ2n) is 5.72. The zero-order valence-corrected chi connectivity index (χ0v) is 15.2. The molecule has 1 saturated carbocycles. The van der Waals surface area contributed by atoms with Crippen LogP contribution in [0.1, 0.15) is 37.7 Å². The molecule has 0 saturated heterocycles. The number of hydrogen-bond donors (Lipinski definition) is 0. The molecule has 0 bridgehead atoms. The second kappa shape index (κ2) is 7.91. The van der Waals surface area contributed by atoms with Crippen LogP contribution in [0.25, 0.3) is 0 Å². The van der Waals surface area contributed by atoms with E-state index in [1.807, 2.05) is 6.07 Å². The smallest absolute Gasteiger partial charge is 0.161 e. The van der Waals surface area contributed by atoms with Gasteiger partial charge in [0, 0.05) is 10.2 Å². The summed E-state index contributed by atoms with van der Waals surface area (Å²) in [6.45, 7) is 0. The first-order valence-corrected chi connectivity index (χ1v) is 8.66. The third-order valence-corrected chi connectivity index (χ3v) is 5.80. The monoisotopic (exact) mass is 368 g/mol. The second-order valence-corrected chi connectivity index (χ2v) is 6.82. The number of benzene rings is 1. The lowest BCUT2D eigenvalue weighted by Gasteiger charge is -2.35.